The standard InChI is InChI=1S/C18H29N7/c1-25-10-7-14(8-11-25)22-18-23-16-15(6-9-20-16)17(24-18)21-13-4-2-12(19)3-5-13/h6,9,12-14H,2-5,7-8,10-11,19H2,1H3,(H3,20,21,22,23,24). The van der Waals surface area contributed by atoms with Crippen LogP contribution in [0.2, 0.25) is 0 Å². The van der Waals surface area contributed by atoms with E-state index >= 15 is 0 Å². The van der Waals surface area contributed by atoms with Crippen molar-refractivity contribution in [1.29, 1.82) is 0 Å². The molecule has 1 saturated carbocycles. The molecular formula is C18H29N7. The molecule has 7 heteroatoms. The third-order valence-corrected chi connectivity index (χ3v) is 5.58. The largest absolute Gasteiger partial charge is 0.367 e. The maximum absolute atomic E-state index is 6.03. The van der Waals surface area contributed by atoms with Crippen LogP contribution in [-0.2, 0) is 0 Å². The summed E-state index contributed by atoms with van der Waals surface area (Å²) in [5, 5.41) is 8.24. The molecule has 1 aliphatic carbocycles. The molecule has 0 radical (unpaired) electrons. The number of nitrogens with one attached hydrogen (secondary N) is 3. The number of fused-ring (bicyclic) bond motifs is 1. The van der Waals surface area contributed by atoms with Crippen molar-refractivity contribution in [1.82, 2.24) is 19.9 Å². The number of rotatable bonds is 4. The topological polar surface area (TPSA) is 94.9 Å². The van der Waals surface area contributed by atoms with E-state index in [0.29, 0.717) is 18.1 Å². The molecule has 2 aliphatic rings. The van der Waals surface area contributed by atoms with Crippen molar-refractivity contribution >= 4 is 22.8 Å². The van der Waals surface area contributed by atoms with E-state index in [9.17, 15) is 0 Å². The molecule has 4 rings (SSSR count). The number of piperidine rings is 1. The molecule has 0 aromatic carbocycles. The van der Waals surface area contributed by atoms with Gasteiger partial charge in [-0.15, -0.1) is 0 Å². The Morgan fingerprint density at radius 3 is 2.52 bits per heavy atom. The molecule has 1 aliphatic heterocycles. The first-order valence-electron chi connectivity index (χ1n) is 9.49. The first kappa shape index (κ1) is 16.6. The van der Waals surface area contributed by atoms with Crippen LogP contribution in [0.15, 0.2) is 12.3 Å². The monoisotopic (exact) mass is 343 g/mol. The molecule has 0 spiro atoms. The van der Waals surface area contributed by atoms with Crippen LogP contribution in [0, 0.1) is 0 Å². The minimum atomic E-state index is 0.359. The summed E-state index contributed by atoms with van der Waals surface area (Å²) in [5.74, 6) is 1.65. The van der Waals surface area contributed by atoms with Crippen LogP contribution in [0.1, 0.15) is 38.5 Å². The molecular weight excluding hydrogens is 314 g/mol. The van der Waals surface area contributed by atoms with E-state index < -0.39 is 0 Å². The van der Waals surface area contributed by atoms with Gasteiger partial charge in [-0.3, -0.25) is 0 Å². The van der Waals surface area contributed by atoms with Gasteiger partial charge < -0.3 is 26.3 Å². The van der Waals surface area contributed by atoms with Gasteiger partial charge in [0.15, 0.2) is 0 Å². The lowest BCUT2D eigenvalue weighted by Gasteiger charge is -2.30. The Morgan fingerprint density at radius 2 is 1.76 bits per heavy atom. The smallest absolute Gasteiger partial charge is 0.226 e. The predicted octanol–water partition coefficient (Wildman–Crippen LogP) is 2.15. The summed E-state index contributed by atoms with van der Waals surface area (Å²) >= 11 is 0. The van der Waals surface area contributed by atoms with Gasteiger partial charge in [-0.25, -0.2) is 0 Å². The Bertz CT molecular complexity index is 697. The second kappa shape index (κ2) is 7.17. The molecule has 5 N–H and O–H groups in total. The van der Waals surface area contributed by atoms with Gasteiger partial charge in [0.1, 0.15) is 11.5 Å². The van der Waals surface area contributed by atoms with Gasteiger partial charge in [0.2, 0.25) is 5.95 Å². The van der Waals surface area contributed by atoms with E-state index in [2.05, 4.69) is 32.5 Å². The van der Waals surface area contributed by atoms with E-state index in [4.69, 9.17) is 10.7 Å². The number of H-pyrrole nitrogens is 1. The molecule has 2 fully saturated rings. The van der Waals surface area contributed by atoms with Crippen LogP contribution in [0.3, 0.4) is 0 Å². The normalized spacial score (nSPS) is 26.0. The average molecular weight is 343 g/mol. The number of nitrogens with two attached hydrogens (primary N) is 1. The lowest BCUT2D eigenvalue weighted by atomic mass is 9.92. The maximum Gasteiger partial charge on any atom is 0.226 e. The molecule has 136 valence electrons. The SMILES string of the molecule is CN1CCC(Nc2nc(NC3CCC(N)CC3)c3cc[nH]c3n2)CC1. The fraction of sp³-hybridized carbons (Fsp3) is 0.667. The second-order valence-corrected chi connectivity index (χ2v) is 7.61. The highest BCUT2D eigenvalue weighted by Crippen LogP contribution is 2.26. The van der Waals surface area contributed by atoms with Crippen LogP contribution < -0.4 is 16.4 Å². The van der Waals surface area contributed by atoms with Crippen LogP contribution in [0.25, 0.3) is 11.0 Å². The molecule has 0 atom stereocenters. The number of anilines is 2. The van der Waals surface area contributed by atoms with Crippen LogP contribution in [0.4, 0.5) is 11.8 Å². The van der Waals surface area contributed by atoms with Gasteiger partial charge in [-0.2, -0.15) is 9.97 Å². The van der Waals surface area contributed by atoms with Gasteiger partial charge in [-0.1, -0.05) is 0 Å². The van der Waals surface area contributed by atoms with Crippen LogP contribution in [-0.4, -0.2) is 58.1 Å². The molecule has 7 nitrogen and oxygen atoms in total. The average Bonchev–Trinajstić information content (AvgIpc) is 3.08. The third kappa shape index (κ3) is 3.88. The fourth-order valence-electron chi connectivity index (χ4n) is 3.91. The quantitative estimate of drug-likeness (QED) is 0.679. The van der Waals surface area contributed by atoms with Gasteiger partial charge >= 0.3 is 0 Å². The van der Waals surface area contributed by atoms with Crippen LogP contribution in [0.5, 0.6) is 0 Å². The zero-order valence-electron chi connectivity index (χ0n) is 15.0. The highest BCUT2D eigenvalue weighted by atomic mass is 15.2. The van der Waals surface area contributed by atoms with Crippen molar-refractivity contribution in [3.05, 3.63) is 12.3 Å². The Morgan fingerprint density at radius 1 is 1.04 bits per heavy atom. The van der Waals surface area contributed by atoms with E-state index in [-0.39, 0.29) is 0 Å². The lowest BCUT2D eigenvalue weighted by molar-refractivity contribution is 0.263. The zero-order chi connectivity index (χ0) is 17.2. The van der Waals surface area contributed by atoms with Crippen molar-refractivity contribution in [2.24, 2.45) is 5.73 Å². The summed E-state index contributed by atoms with van der Waals surface area (Å²) in [7, 11) is 2.18. The van der Waals surface area contributed by atoms with Gasteiger partial charge in [0.05, 0.1) is 5.39 Å². The van der Waals surface area contributed by atoms with E-state index in [1.165, 1.54) is 0 Å². The van der Waals surface area contributed by atoms with E-state index in [1.807, 2.05) is 12.3 Å². The Labute approximate surface area is 148 Å². The molecule has 2 aromatic rings. The third-order valence-electron chi connectivity index (χ3n) is 5.58. The number of aromatic amines is 1. The van der Waals surface area contributed by atoms with Crippen molar-refractivity contribution in [2.75, 3.05) is 30.8 Å². The summed E-state index contributed by atoms with van der Waals surface area (Å²) in [6, 6.07) is 3.30. The lowest BCUT2D eigenvalue weighted by Crippen LogP contribution is -2.37. The number of hydrogen-bond acceptors (Lipinski definition) is 6. The van der Waals surface area contributed by atoms with Crippen molar-refractivity contribution < 1.29 is 0 Å². The van der Waals surface area contributed by atoms with Gasteiger partial charge in [0.25, 0.3) is 0 Å². The van der Waals surface area contributed by atoms with Crippen molar-refractivity contribution in [2.45, 2.75) is 56.7 Å². The summed E-state index contributed by atoms with van der Waals surface area (Å²) in [5.41, 5.74) is 6.92. The first-order valence-corrected chi connectivity index (χ1v) is 9.49. The number of hydrogen-bond donors (Lipinski definition) is 4. The van der Waals surface area contributed by atoms with Gasteiger partial charge in [0, 0.05) is 24.3 Å². The summed E-state index contributed by atoms with van der Waals surface area (Å²) in [4.78, 5) is 15.1. The van der Waals surface area contributed by atoms with Crippen molar-refractivity contribution in [3.8, 4) is 0 Å². The number of nitrogens with zero attached hydrogens (tertiary/aromatic N) is 3. The predicted molar refractivity (Wildman–Crippen MR) is 102 cm³/mol. The van der Waals surface area contributed by atoms with Gasteiger partial charge in [-0.05, 0) is 64.7 Å². The molecule has 3 heterocycles. The summed E-state index contributed by atoms with van der Waals surface area (Å²) in [6.07, 6.45) is 8.57. The Balaban J connectivity index is 1.50. The second-order valence-electron chi connectivity index (χ2n) is 7.61. The highest BCUT2D eigenvalue weighted by Gasteiger charge is 2.21. The highest BCUT2D eigenvalue weighted by molar-refractivity contribution is 5.88. The summed E-state index contributed by atoms with van der Waals surface area (Å²) in [6.45, 7) is 2.24. The number of likely N-dealkylation sites (tertiary alicyclic amines) is 1. The van der Waals surface area contributed by atoms with E-state index in [1.54, 1.807) is 0 Å². The number of aromatic nitrogens is 3. The molecule has 1 saturated heterocycles. The minimum Gasteiger partial charge on any atom is -0.367 e. The first-order chi connectivity index (χ1) is 12.2. The maximum atomic E-state index is 6.03. The summed E-state index contributed by atoms with van der Waals surface area (Å²) < 4.78 is 0. The fourth-order valence-corrected chi connectivity index (χ4v) is 3.91. The zero-order valence-corrected chi connectivity index (χ0v) is 15.0. The molecule has 0 unspecified atom stereocenters. The van der Waals surface area contributed by atoms with E-state index in [0.717, 1.165) is 74.4 Å². The Hall–Kier alpha value is -1.86. The molecule has 0 bridgehead atoms. The molecule has 0 amide bonds. The molecule has 25 heavy (non-hydrogen) atoms. The minimum absolute atomic E-state index is 0.359. The van der Waals surface area contributed by atoms with Crippen molar-refractivity contribution in [3.63, 3.8) is 0 Å². The van der Waals surface area contributed by atoms with Crippen LogP contribution >= 0.6 is 0 Å². The molecule has 2 aromatic heterocycles. The Kier molecular flexibility index (Phi) is 4.76.